The Labute approximate surface area is 214 Å². The topological polar surface area (TPSA) is 0 Å². The van der Waals surface area contributed by atoms with Crippen molar-refractivity contribution in [1.82, 2.24) is 0 Å². The van der Waals surface area contributed by atoms with E-state index in [-0.39, 0.29) is 0 Å². The van der Waals surface area contributed by atoms with Crippen LogP contribution in [0.5, 0.6) is 0 Å². The summed E-state index contributed by atoms with van der Waals surface area (Å²) in [4.78, 5) is 0. The van der Waals surface area contributed by atoms with Crippen molar-refractivity contribution in [2.75, 3.05) is 0 Å². The molecule has 0 unspecified atom stereocenters. The number of hydrogen-bond donors (Lipinski definition) is 0. The summed E-state index contributed by atoms with van der Waals surface area (Å²) in [5.74, 6) is 0. The Morgan fingerprint density at radius 2 is 0.722 bits per heavy atom. The molecule has 6 bridgehead atoms. The van der Waals surface area contributed by atoms with Gasteiger partial charge in [-0.1, -0.05) is 127 Å². The molecule has 7 aromatic rings. The van der Waals surface area contributed by atoms with Gasteiger partial charge in [-0.3, -0.25) is 0 Å². The van der Waals surface area contributed by atoms with E-state index < -0.39 is 0 Å². The molecule has 0 atom stereocenters. The summed E-state index contributed by atoms with van der Waals surface area (Å²) in [6.07, 6.45) is 0. The van der Waals surface area contributed by atoms with Crippen LogP contribution in [0.3, 0.4) is 0 Å². The van der Waals surface area contributed by atoms with Gasteiger partial charge >= 0.3 is 0 Å². The first-order valence-corrected chi connectivity index (χ1v) is 12.2. The maximum atomic E-state index is 9.11. The molecule has 0 aliphatic heterocycles. The van der Waals surface area contributed by atoms with Gasteiger partial charge in [0.05, 0.1) is 4.11 Å². The molecule has 0 aliphatic rings. The minimum Gasteiger partial charge on any atom is -0.0610 e. The quantitative estimate of drug-likeness (QED) is 0.212. The van der Waals surface area contributed by atoms with Crippen molar-refractivity contribution in [3.63, 3.8) is 0 Å². The fourth-order valence-corrected chi connectivity index (χ4v) is 5.00. The summed E-state index contributed by atoms with van der Waals surface area (Å²) in [6.45, 7) is 0. The summed E-state index contributed by atoms with van der Waals surface area (Å²) < 4.78 is 27.0. The fraction of sp³-hybridized carbons (Fsp3) is 0. The van der Waals surface area contributed by atoms with Gasteiger partial charge < -0.3 is 0 Å². The fourth-order valence-electron chi connectivity index (χ4n) is 5.00. The monoisotopic (exact) mass is 459 g/mol. The predicted molar refractivity (Wildman–Crippen MR) is 158 cm³/mol. The molecular weight excluding hydrogens is 432 g/mol. The molecule has 0 aliphatic carbocycles. The van der Waals surface area contributed by atoms with Crippen LogP contribution in [0.15, 0.2) is 146 Å². The van der Waals surface area contributed by atoms with E-state index >= 15 is 0 Å². The zero-order valence-corrected chi connectivity index (χ0v) is 19.6. The largest absolute Gasteiger partial charge is 0.0636 e. The van der Waals surface area contributed by atoms with Gasteiger partial charge in [0.15, 0.2) is 0 Å². The molecule has 168 valence electrons. The molecule has 0 saturated carbocycles. The van der Waals surface area contributed by atoms with Gasteiger partial charge in [0.2, 0.25) is 0 Å². The first-order chi connectivity index (χ1) is 19.0. The van der Waals surface area contributed by atoms with E-state index in [1.165, 1.54) is 0 Å². The standard InChI is InChI=1S/C36H24/c1-4-28-16-10-25-14-20-32-8-3-6-30-18-12-27(24-36(30)32)15-21-33-9-2-5-29-17-11-26(23-35(29)33)13-19-31(7-1)34(28)22-25/h1-24H/i13D,14D,22D. The van der Waals surface area contributed by atoms with E-state index in [1.54, 1.807) is 0 Å². The summed E-state index contributed by atoms with van der Waals surface area (Å²) in [7, 11) is 0. The van der Waals surface area contributed by atoms with Crippen molar-refractivity contribution < 1.29 is 4.11 Å². The summed E-state index contributed by atoms with van der Waals surface area (Å²) in [5, 5.41) is 11.4. The number of hydrogen-bond acceptors (Lipinski definition) is 0. The predicted octanol–water partition coefficient (Wildman–Crippen LogP) is 10.3. The highest BCUT2D eigenvalue weighted by Crippen LogP contribution is 2.26. The average molecular weight is 460 g/mol. The molecule has 0 amide bonds. The highest BCUT2D eigenvalue weighted by Gasteiger charge is 1.99. The zero-order valence-electron chi connectivity index (χ0n) is 22.6. The van der Waals surface area contributed by atoms with Crippen LogP contribution in [0.25, 0.3) is 64.6 Å². The molecule has 0 N–H and O–H groups in total. The van der Waals surface area contributed by atoms with Crippen LogP contribution in [0.1, 0.15) is 4.11 Å². The van der Waals surface area contributed by atoms with E-state index in [9.17, 15) is 0 Å². The van der Waals surface area contributed by atoms with Crippen molar-refractivity contribution in [2.24, 2.45) is 0 Å². The van der Waals surface area contributed by atoms with Crippen molar-refractivity contribution in [1.29, 1.82) is 0 Å². The summed E-state index contributed by atoms with van der Waals surface area (Å²) in [6, 6.07) is 43.6. The van der Waals surface area contributed by atoms with Crippen LogP contribution in [0.4, 0.5) is 0 Å². The molecule has 36 heavy (non-hydrogen) atoms. The van der Waals surface area contributed by atoms with Gasteiger partial charge in [-0.15, -0.1) is 0 Å². The van der Waals surface area contributed by atoms with Gasteiger partial charge in [0.1, 0.15) is 0 Å². The minimum absolute atomic E-state index is 0.292. The Kier molecular flexibility index (Phi) is 4.19. The number of fused-ring (bicyclic) bond motifs is 3. The van der Waals surface area contributed by atoms with E-state index in [0.717, 1.165) is 59.2 Å². The third-order valence-corrected chi connectivity index (χ3v) is 6.91. The van der Waals surface area contributed by atoms with Gasteiger partial charge in [-0.25, -0.2) is 0 Å². The SMILES string of the molecule is [2H]c1cc2cccc3ccc(c([2H])cc4cccc5ccc(ccc6cccc7ccc1cc67)cc54)c([2H])c32. The molecule has 0 radical (unpaired) electrons. The van der Waals surface area contributed by atoms with Crippen molar-refractivity contribution in [3.8, 4) is 0 Å². The van der Waals surface area contributed by atoms with E-state index in [0.29, 0.717) is 23.5 Å². The lowest BCUT2D eigenvalue weighted by atomic mass is 10.0. The van der Waals surface area contributed by atoms with E-state index in [4.69, 9.17) is 4.11 Å². The average Bonchev–Trinajstić information content (AvgIpc) is 2.95. The second-order valence-electron chi connectivity index (χ2n) is 9.21. The Morgan fingerprint density at radius 1 is 0.333 bits per heavy atom. The Bertz CT molecular complexity index is 2210. The minimum atomic E-state index is 0.292. The number of benzene rings is 6. The Morgan fingerprint density at radius 3 is 1.31 bits per heavy atom. The van der Waals surface area contributed by atoms with Gasteiger partial charge in [-0.05, 0) is 82.8 Å². The van der Waals surface area contributed by atoms with Crippen LogP contribution >= 0.6 is 0 Å². The zero-order chi connectivity index (χ0) is 26.5. The van der Waals surface area contributed by atoms with Crippen LogP contribution in [0.2, 0.25) is 0 Å². The van der Waals surface area contributed by atoms with Gasteiger partial charge in [0.25, 0.3) is 0 Å². The first-order valence-electron chi connectivity index (χ1n) is 13.7. The number of rotatable bonds is 0. The van der Waals surface area contributed by atoms with Crippen LogP contribution < -0.4 is 0 Å². The summed E-state index contributed by atoms with van der Waals surface area (Å²) >= 11 is 0. The molecule has 0 saturated heterocycles. The lowest BCUT2D eigenvalue weighted by molar-refractivity contribution is 1.77. The maximum absolute atomic E-state index is 9.11. The molecule has 0 heterocycles. The second kappa shape index (κ2) is 8.52. The molecule has 0 aromatic heterocycles. The lowest BCUT2D eigenvalue weighted by Crippen LogP contribution is -1.76. The molecule has 0 heteroatoms. The van der Waals surface area contributed by atoms with Crippen LogP contribution in [-0.4, -0.2) is 0 Å². The lowest BCUT2D eigenvalue weighted by Gasteiger charge is -2.02. The maximum Gasteiger partial charge on any atom is 0.0636 e. The van der Waals surface area contributed by atoms with Gasteiger partial charge in [-0.2, -0.15) is 0 Å². The molecule has 0 spiro atoms. The molecular formula is C36H24. The van der Waals surface area contributed by atoms with Crippen molar-refractivity contribution in [2.45, 2.75) is 0 Å². The molecule has 0 fully saturated rings. The highest BCUT2D eigenvalue weighted by atomic mass is 14.0. The molecule has 7 rings (SSSR count). The normalized spacial score (nSPS) is 12.5. The Balaban J connectivity index is 1.72. The third-order valence-electron chi connectivity index (χ3n) is 6.91. The van der Waals surface area contributed by atoms with Crippen LogP contribution in [-0.2, 0) is 0 Å². The first kappa shape index (κ1) is 17.7. The Hall–Kier alpha value is -4.68. The molecule has 0 nitrogen and oxygen atoms in total. The summed E-state index contributed by atoms with van der Waals surface area (Å²) in [5.41, 5.74) is 0. The smallest absolute Gasteiger partial charge is 0.0610 e. The van der Waals surface area contributed by atoms with E-state index in [2.05, 4.69) is 66.7 Å². The molecule has 7 aromatic carbocycles. The van der Waals surface area contributed by atoms with Crippen molar-refractivity contribution >= 4 is 64.6 Å². The second-order valence-corrected chi connectivity index (χ2v) is 9.21. The van der Waals surface area contributed by atoms with Crippen molar-refractivity contribution in [3.05, 3.63) is 146 Å². The van der Waals surface area contributed by atoms with Crippen LogP contribution in [0, 0.1) is 0 Å². The third kappa shape index (κ3) is 3.74. The van der Waals surface area contributed by atoms with E-state index in [1.807, 2.05) is 60.7 Å². The van der Waals surface area contributed by atoms with Gasteiger partial charge in [0, 0.05) is 0 Å². The highest BCUT2D eigenvalue weighted by molar-refractivity contribution is 6.03.